The van der Waals surface area contributed by atoms with E-state index in [0.29, 0.717) is 32.1 Å². The molecule has 474 valence electrons. The highest BCUT2D eigenvalue weighted by atomic mass is 28.4. The number of aliphatic hydroxyl groups is 2. The van der Waals surface area contributed by atoms with Crippen LogP contribution in [-0.4, -0.2) is 189 Å². The number of nitrogens with zero attached hydrogens (tertiary/aromatic N) is 4. The summed E-state index contributed by atoms with van der Waals surface area (Å²) in [5, 5.41) is 38.7. The minimum atomic E-state index is -2.50. The van der Waals surface area contributed by atoms with Crippen molar-refractivity contribution in [3.8, 4) is 5.69 Å². The molecule has 5 aliphatic heterocycles. The Morgan fingerprint density at radius 2 is 1.64 bits per heavy atom. The maximum absolute atomic E-state index is 14.0. The molecule has 6 heterocycles. The standard InChI is InChI=1S/C64H99N5O15Si/c1-38-33-44-34-54(84-85(14,15)63(6,7)8)80-50(35-52(71)75-39(2)23-17-16-18-29-49(38)79-53-32-31-47(65-10)40(3)76-53)60(74-13)59(44)83-62-57(72)56(68(11)12)58(41(4)78-62)82-55-36-64(9,73)61(42(5)77-55)81-51(70)30-22-26-45-37-69(67-66-45)48-28-21-25-43-24-19-20-27-46(43)48/h16-21,24-25,27-29,37-42,44,47,49-50,53-62,65,72-73H,22-23,26,30-36H2,1-15H3/b17-16-,29-18+/t38-,39-,40-,41-,42+,44-,47+,49+,50-,53+,54?,55+,56-,57-,58-,59+,60+,61+,62+,64-/m1/s1. The average Bonchev–Trinajstić information content (AvgIpc) is 2.80. The third-order valence-electron chi connectivity index (χ3n) is 18.3. The molecule has 0 saturated carbocycles. The number of fused-ring (bicyclic) bond motifs is 4. The number of aromatic nitrogens is 3. The Hall–Kier alpha value is -4.04. The molecule has 0 aliphatic carbocycles. The van der Waals surface area contributed by atoms with E-state index in [2.05, 4.69) is 81.6 Å². The van der Waals surface area contributed by atoms with E-state index >= 15 is 0 Å². The van der Waals surface area contributed by atoms with Crippen LogP contribution in [0.4, 0.5) is 0 Å². The number of cyclic esters (lactones) is 1. The third kappa shape index (κ3) is 16.8. The number of carbonyl (C=O) groups excluding carboxylic acids is 2. The number of aliphatic hydroxyl groups excluding tert-OH is 1. The van der Waals surface area contributed by atoms with E-state index in [4.69, 9.17) is 51.8 Å². The molecule has 2 aromatic carbocycles. The minimum Gasteiger partial charge on any atom is -0.462 e. The van der Waals surface area contributed by atoms with Crippen molar-refractivity contribution in [1.29, 1.82) is 0 Å². The van der Waals surface area contributed by atoms with Gasteiger partial charge in [-0.2, -0.15) is 0 Å². The number of hydrogen-bond donors (Lipinski definition) is 3. The first-order valence-corrected chi connectivity index (χ1v) is 33.8. The Balaban J connectivity index is 0.982. The number of allylic oxidation sites excluding steroid dienone is 2. The molecule has 1 unspecified atom stereocenters. The van der Waals surface area contributed by atoms with Gasteiger partial charge >= 0.3 is 11.9 Å². The molecule has 2 bridgehead atoms. The molecule has 21 heteroatoms. The summed E-state index contributed by atoms with van der Waals surface area (Å²) < 4.78 is 74.8. The molecular weight excluding hydrogens is 1110 g/mol. The number of methoxy groups -OCH3 is 1. The second-order valence-electron chi connectivity index (χ2n) is 26.4. The molecule has 20 atom stereocenters. The second-order valence-corrected chi connectivity index (χ2v) is 31.1. The lowest BCUT2D eigenvalue weighted by atomic mass is 9.82. The summed E-state index contributed by atoms with van der Waals surface area (Å²) in [5.74, 6) is -1.41. The number of carbonyl (C=O) groups is 2. The molecule has 0 amide bonds. The number of benzene rings is 2. The number of ether oxygens (including phenoxy) is 10. The molecule has 4 saturated heterocycles. The van der Waals surface area contributed by atoms with Crippen molar-refractivity contribution in [2.75, 3.05) is 28.3 Å². The molecule has 0 spiro atoms. The van der Waals surface area contributed by atoms with Gasteiger partial charge in [0.25, 0.3) is 0 Å². The summed E-state index contributed by atoms with van der Waals surface area (Å²) in [6.07, 6.45) is 2.43. The van der Waals surface area contributed by atoms with Gasteiger partial charge in [0, 0.05) is 44.2 Å². The Morgan fingerprint density at radius 3 is 2.34 bits per heavy atom. The summed E-state index contributed by atoms with van der Waals surface area (Å²) in [7, 11) is 4.74. The number of likely N-dealkylation sites (N-methyl/N-ethyl adjacent to an activating group) is 2. The second kappa shape index (κ2) is 29.1. The van der Waals surface area contributed by atoms with Crippen molar-refractivity contribution >= 4 is 31.0 Å². The zero-order valence-electron chi connectivity index (χ0n) is 53.0. The first-order valence-electron chi connectivity index (χ1n) is 30.9. The summed E-state index contributed by atoms with van der Waals surface area (Å²) in [4.78, 5) is 29.3. The van der Waals surface area contributed by atoms with Gasteiger partial charge in [0.1, 0.15) is 36.3 Å². The van der Waals surface area contributed by atoms with Crippen LogP contribution in [-0.2, 0) is 67.8 Å². The maximum atomic E-state index is 14.0. The van der Waals surface area contributed by atoms with E-state index in [9.17, 15) is 19.8 Å². The van der Waals surface area contributed by atoms with Crippen LogP contribution in [0.2, 0.25) is 18.1 Å². The Labute approximate surface area is 505 Å². The van der Waals surface area contributed by atoms with E-state index in [-0.39, 0.29) is 54.4 Å². The molecular formula is C64H99N5O15Si. The predicted molar refractivity (Wildman–Crippen MR) is 323 cm³/mol. The van der Waals surface area contributed by atoms with Crippen LogP contribution in [0.25, 0.3) is 16.5 Å². The molecule has 4 fully saturated rings. The molecule has 3 aromatic rings. The monoisotopic (exact) mass is 1210 g/mol. The van der Waals surface area contributed by atoms with Gasteiger partial charge in [0.2, 0.25) is 0 Å². The van der Waals surface area contributed by atoms with Crippen LogP contribution in [0.3, 0.4) is 0 Å². The largest absolute Gasteiger partial charge is 0.462 e. The number of nitrogens with one attached hydrogen (secondary N) is 1. The molecule has 0 radical (unpaired) electrons. The normalized spacial score (nSPS) is 37.3. The number of esters is 2. The van der Waals surface area contributed by atoms with Gasteiger partial charge in [-0.3, -0.25) is 9.59 Å². The van der Waals surface area contributed by atoms with Gasteiger partial charge in [-0.15, -0.1) is 5.10 Å². The minimum absolute atomic E-state index is 0.0390. The van der Waals surface area contributed by atoms with E-state index in [1.807, 2.05) is 94.6 Å². The molecule has 3 N–H and O–H groups in total. The van der Waals surface area contributed by atoms with E-state index in [1.54, 1.807) is 25.6 Å². The summed E-state index contributed by atoms with van der Waals surface area (Å²) in [6.45, 7) is 22.2. The topological polar surface area (TPSA) is 222 Å². The highest BCUT2D eigenvalue weighted by Gasteiger charge is 2.54. The first-order chi connectivity index (χ1) is 40.2. The van der Waals surface area contributed by atoms with E-state index in [0.717, 1.165) is 35.0 Å². The van der Waals surface area contributed by atoms with Crippen molar-refractivity contribution in [2.24, 2.45) is 11.8 Å². The quantitative estimate of drug-likeness (QED) is 0.0852. The lowest BCUT2D eigenvalue weighted by Gasteiger charge is -2.50. The van der Waals surface area contributed by atoms with Crippen molar-refractivity contribution in [3.63, 3.8) is 0 Å². The molecule has 85 heavy (non-hydrogen) atoms. The lowest BCUT2D eigenvalue weighted by molar-refractivity contribution is -0.343. The predicted octanol–water partition coefficient (Wildman–Crippen LogP) is 8.48. The van der Waals surface area contributed by atoms with Gasteiger partial charge < -0.3 is 72.2 Å². The van der Waals surface area contributed by atoms with Gasteiger partial charge in [0.05, 0.1) is 66.7 Å². The number of hydrogen-bond acceptors (Lipinski definition) is 19. The highest BCUT2D eigenvalue weighted by molar-refractivity contribution is 6.74. The highest BCUT2D eigenvalue weighted by Crippen LogP contribution is 2.44. The number of aryl methyl sites for hydroxylation is 1. The molecule has 5 aliphatic rings. The van der Waals surface area contributed by atoms with Crippen molar-refractivity contribution in [1.82, 2.24) is 25.2 Å². The Kier molecular flexibility index (Phi) is 22.9. The molecule has 8 rings (SSSR count). The van der Waals surface area contributed by atoms with Crippen LogP contribution in [0.15, 0.2) is 73.0 Å². The van der Waals surface area contributed by atoms with Gasteiger partial charge in [-0.25, -0.2) is 4.68 Å². The van der Waals surface area contributed by atoms with Crippen LogP contribution >= 0.6 is 0 Å². The average molecular weight is 1210 g/mol. The van der Waals surface area contributed by atoms with Crippen molar-refractivity contribution < 1.29 is 71.6 Å². The fraction of sp³-hybridized carbons (Fsp3) is 0.719. The smallest absolute Gasteiger partial charge is 0.308 e. The van der Waals surface area contributed by atoms with Gasteiger partial charge in [-0.1, -0.05) is 93.6 Å². The van der Waals surface area contributed by atoms with Gasteiger partial charge in [0.15, 0.2) is 33.3 Å². The van der Waals surface area contributed by atoms with Gasteiger partial charge in [-0.05, 0) is 129 Å². The van der Waals surface area contributed by atoms with Crippen LogP contribution in [0, 0.1) is 11.8 Å². The number of rotatable bonds is 17. The summed E-state index contributed by atoms with van der Waals surface area (Å²) in [5.41, 5.74) is 0.111. The van der Waals surface area contributed by atoms with Crippen LogP contribution < -0.4 is 5.32 Å². The van der Waals surface area contributed by atoms with E-state index in [1.165, 1.54) is 0 Å². The molecule has 20 nitrogen and oxygen atoms in total. The maximum Gasteiger partial charge on any atom is 0.308 e. The fourth-order valence-corrected chi connectivity index (χ4v) is 13.8. The third-order valence-corrected chi connectivity index (χ3v) is 22.8. The van der Waals surface area contributed by atoms with Crippen LogP contribution in [0.5, 0.6) is 0 Å². The zero-order chi connectivity index (χ0) is 61.5. The fourth-order valence-electron chi connectivity index (χ4n) is 12.6. The Bertz CT molecular complexity index is 2700. The van der Waals surface area contributed by atoms with Crippen molar-refractivity contribution in [3.05, 3.63) is 78.7 Å². The molecule has 1 aromatic heterocycles. The van der Waals surface area contributed by atoms with Crippen molar-refractivity contribution in [2.45, 2.75) is 255 Å². The summed E-state index contributed by atoms with van der Waals surface area (Å²) in [6, 6.07) is 13.6. The SMILES string of the molecule is CN[C@H]1CC[C@H](O[C@H]2/C=C/C=C\C[C@@H](C)OC(=O)C[C@H]3OC(O[Si](C)(C)C(C)(C)C)C[C@@H](C[C@H]2C)[C@H](O[C@@H]2O[C@H](C)[C@@H](O[C@H]4C[C@@](C)(O)[C@@H](OC(=O)CCCc5cn(-c6cccc7ccccc67)nn5)[C@H](C)O4)[C@H](N(C)C)[C@H]2O)[C@H]3OC)O[C@@H]1C. The Morgan fingerprint density at radius 1 is 0.894 bits per heavy atom. The lowest BCUT2D eigenvalue weighted by Crippen LogP contribution is -2.65. The first kappa shape index (κ1) is 66.9. The zero-order valence-corrected chi connectivity index (χ0v) is 54.0. The van der Waals surface area contributed by atoms with E-state index < -0.39 is 112 Å². The van der Waals surface area contributed by atoms with Crippen LogP contribution in [0.1, 0.15) is 126 Å². The summed E-state index contributed by atoms with van der Waals surface area (Å²) >= 11 is 0.